The molecule has 21 heavy (non-hydrogen) atoms. The quantitative estimate of drug-likeness (QED) is 0.748. The molecule has 1 N–H and O–H groups in total. The lowest BCUT2D eigenvalue weighted by molar-refractivity contribution is -0.142. The van der Waals surface area contributed by atoms with E-state index in [-0.39, 0.29) is 31.9 Å². The van der Waals surface area contributed by atoms with Crippen LogP contribution in [0.2, 0.25) is 15.1 Å². The first-order chi connectivity index (χ1) is 9.74. The predicted molar refractivity (Wildman–Crippen MR) is 75.6 cm³/mol. The van der Waals surface area contributed by atoms with Gasteiger partial charge in [-0.1, -0.05) is 40.9 Å². The largest absolute Gasteiger partial charge is 0.433 e. The Morgan fingerprint density at radius 3 is 2.19 bits per heavy atom. The normalized spacial score (nSPS) is 11.8. The third-order valence-electron chi connectivity index (χ3n) is 2.70. The van der Waals surface area contributed by atoms with E-state index in [0.29, 0.717) is 0 Å². The molecule has 0 aliphatic rings. The lowest BCUT2D eigenvalue weighted by atomic mass is 10.1. The fourth-order valence-corrected chi connectivity index (χ4v) is 2.37. The van der Waals surface area contributed by atoms with Crippen LogP contribution in [0.3, 0.4) is 0 Å². The predicted octanol–water partition coefficient (Wildman–Crippen LogP) is 5.22. The first-order valence-electron chi connectivity index (χ1n) is 5.57. The summed E-state index contributed by atoms with van der Waals surface area (Å²) >= 11 is 17.6. The monoisotopic (exact) mass is 355 g/mol. The van der Waals surface area contributed by atoms with Crippen LogP contribution in [0.4, 0.5) is 13.2 Å². The summed E-state index contributed by atoms with van der Waals surface area (Å²) in [4.78, 5) is 3.55. The van der Waals surface area contributed by atoms with Crippen LogP contribution < -0.4 is 0 Å². The number of aliphatic hydroxyl groups excluding tert-OH is 1. The molecule has 2 aromatic rings. The zero-order valence-corrected chi connectivity index (χ0v) is 12.4. The Kier molecular flexibility index (Phi) is 4.68. The molecule has 0 amide bonds. The van der Waals surface area contributed by atoms with Crippen molar-refractivity contribution < 1.29 is 18.3 Å². The van der Waals surface area contributed by atoms with Crippen LogP contribution in [-0.2, 0) is 12.8 Å². The fraction of sp³-hybridized carbons (Fsp3) is 0.154. The number of benzene rings is 1. The van der Waals surface area contributed by atoms with Gasteiger partial charge in [0.15, 0.2) is 5.69 Å². The highest BCUT2D eigenvalue weighted by Crippen LogP contribution is 2.37. The number of rotatable bonds is 2. The van der Waals surface area contributed by atoms with Gasteiger partial charge in [-0.15, -0.1) is 0 Å². The number of aliphatic hydroxyl groups is 1. The van der Waals surface area contributed by atoms with E-state index in [2.05, 4.69) is 4.98 Å². The Morgan fingerprint density at radius 1 is 1.00 bits per heavy atom. The van der Waals surface area contributed by atoms with Gasteiger partial charge in [-0.2, -0.15) is 13.2 Å². The summed E-state index contributed by atoms with van der Waals surface area (Å²) in [7, 11) is 0. The van der Waals surface area contributed by atoms with Crippen molar-refractivity contribution in [1.82, 2.24) is 4.98 Å². The second-order valence-corrected chi connectivity index (χ2v) is 5.33. The second kappa shape index (κ2) is 6.01. The first-order valence-corrected chi connectivity index (χ1v) is 6.70. The van der Waals surface area contributed by atoms with E-state index in [1.54, 1.807) is 0 Å². The van der Waals surface area contributed by atoms with Gasteiger partial charge in [0.2, 0.25) is 0 Å². The van der Waals surface area contributed by atoms with Crippen LogP contribution in [0.5, 0.6) is 0 Å². The van der Waals surface area contributed by atoms with E-state index in [9.17, 15) is 13.2 Å². The lowest BCUT2D eigenvalue weighted by Gasteiger charge is -2.13. The van der Waals surface area contributed by atoms with E-state index in [1.807, 2.05) is 0 Å². The Balaban J connectivity index is 2.63. The minimum absolute atomic E-state index is 0.0110. The van der Waals surface area contributed by atoms with E-state index in [0.717, 1.165) is 6.07 Å². The van der Waals surface area contributed by atoms with Crippen molar-refractivity contribution in [3.63, 3.8) is 0 Å². The molecule has 0 atom stereocenters. The number of aromatic nitrogens is 1. The van der Waals surface area contributed by atoms with Gasteiger partial charge in [-0.3, -0.25) is 0 Å². The topological polar surface area (TPSA) is 33.1 Å². The van der Waals surface area contributed by atoms with Crippen molar-refractivity contribution in [2.75, 3.05) is 0 Å². The van der Waals surface area contributed by atoms with Crippen molar-refractivity contribution in [2.45, 2.75) is 12.8 Å². The van der Waals surface area contributed by atoms with Crippen LogP contribution >= 0.6 is 34.8 Å². The third kappa shape index (κ3) is 3.43. The highest BCUT2D eigenvalue weighted by molar-refractivity contribution is 6.44. The number of hydrogen-bond acceptors (Lipinski definition) is 2. The second-order valence-electron chi connectivity index (χ2n) is 4.11. The molecule has 0 aliphatic carbocycles. The maximum absolute atomic E-state index is 12.9. The summed E-state index contributed by atoms with van der Waals surface area (Å²) in [5.41, 5.74) is -1.27. The van der Waals surface area contributed by atoms with Crippen molar-refractivity contribution in [3.05, 3.63) is 50.6 Å². The van der Waals surface area contributed by atoms with Gasteiger partial charge >= 0.3 is 6.18 Å². The fourth-order valence-electron chi connectivity index (χ4n) is 1.73. The Bertz CT molecular complexity index is 689. The molecule has 0 spiro atoms. The molecular weight excluding hydrogens is 350 g/mol. The summed E-state index contributed by atoms with van der Waals surface area (Å²) < 4.78 is 38.8. The highest BCUT2D eigenvalue weighted by atomic mass is 35.5. The first kappa shape index (κ1) is 16.4. The summed E-state index contributed by atoms with van der Waals surface area (Å²) in [6, 6.07) is 5.14. The van der Waals surface area contributed by atoms with Crippen molar-refractivity contribution >= 4 is 34.8 Å². The zero-order valence-electron chi connectivity index (χ0n) is 10.2. The minimum Gasteiger partial charge on any atom is -0.392 e. The number of hydrogen-bond donors (Lipinski definition) is 1. The molecule has 1 aromatic heterocycles. The molecule has 8 heteroatoms. The summed E-state index contributed by atoms with van der Waals surface area (Å²) in [5, 5.41) is 9.44. The van der Waals surface area contributed by atoms with Crippen molar-refractivity contribution in [1.29, 1.82) is 0 Å². The summed E-state index contributed by atoms with van der Waals surface area (Å²) in [6.07, 6.45) is -4.68. The Labute approximate surface area is 133 Å². The molecule has 0 fully saturated rings. The number of pyridine rings is 1. The average Bonchev–Trinajstić information content (AvgIpc) is 2.41. The van der Waals surface area contributed by atoms with Crippen LogP contribution in [0.1, 0.15) is 11.3 Å². The molecule has 0 unspecified atom stereocenters. The smallest absolute Gasteiger partial charge is 0.392 e. The molecule has 0 saturated carbocycles. The molecule has 1 aromatic carbocycles. The van der Waals surface area contributed by atoms with E-state index >= 15 is 0 Å². The maximum atomic E-state index is 12.9. The Hall–Kier alpha value is -1.01. The standard InChI is InChI=1S/C13H7Cl3F3NO/c14-8-4-10(16)9(15)3-7(8)11-2-1-6(5-21)12(20-11)13(17,18)19/h1-4,21H,5H2. The Morgan fingerprint density at radius 2 is 1.62 bits per heavy atom. The van der Waals surface area contributed by atoms with Gasteiger partial charge in [-0.05, 0) is 18.2 Å². The van der Waals surface area contributed by atoms with Gasteiger partial charge < -0.3 is 5.11 Å². The van der Waals surface area contributed by atoms with Crippen LogP contribution in [0, 0.1) is 0 Å². The number of alkyl halides is 3. The van der Waals surface area contributed by atoms with Gasteiger partial charge in [-0.25, -0.2) is 4.98 Å². The third-order valence-corrected chi connectivity index (χ3v) is 3.74. The molecule has 0 radical (unpaired) electrons. The molecule has 0 saturated heterocycles. The van der Waals surface area contributed by atoms with E-state index in [1.165, 1.54) is 18.2 Å². The van der Waals surface area contributed by atoms with Gasteiger partial charge in [0.25, 0.3) is 0 Å². The van der Waals surface area contributed by atoms with Gasteiger partial charge in [0.05, 0.1) is 27.4 Å². The average molecular weight is 357 g/mol. The van der Waals surface area contributed by atoms with Gasteiger partial charge in [0, 0.05) is 11.1 Å². The molecule has 0 aliphatic heterocycles. The van der Waals surface area contributed by atoms with Crippen LogP contribution in [0.15, 0.2) is 24.3 Å². The SMILES string of the molecule is OCc1ccc(-c2cc(Cl)c(Cl)cc2Cl)nc1C(F)(F)F. The molecule has 112 valence electrons. The lowest BCUT2D eigenvalue weighted by Crippen LogP contribution is -2.12. The van der Waals surface area contributed by atoms with Crippen molar-refractivity contribution in [3.8, 4) is 11.3 Å². The van der Waals surface area contributed by atoms with Crippen LogP contribution in [-0.4, -0.2) is 10.1 Å². The van der Waals surface area contributed by atoms with Gasteiger partial charge in [0.1, 0.15) is 0 Å². The van der Waals surface area contributed by atoms with E-state index in [4.69, 9.17) is 39.9 Å². The number of halogens is 6. The molecule has 1 heterocycles. The van der Waals surface area contributed by atoms with Crippen LogP contribution in [0.25, 0.3) is 11.3 Å². The molecular formula is C13H7Cl3F3NO. The summed E-state index contributed by atoms with van der Waals surface area (Å²) in [6.45, 7) is -0.767. The molecule has 2 nitrogen and oxygen atoms in total. The molecule has 0 bridgehead atoms. The maximum Gasteiger partial charge on any atom is 0.433 e. The zero-order chi connectivity index (χ0) is 15.8. The highest BCUT2D eigenvalue weighted by Gasteiger charge is 2.35. The number of nitrogens with zero attached hydrogens (tertiary/aromatic N) is 1. The van der Waals surface area contributed by atoms with Crippen molar-refractivity contribution in [2.24, 2.45) is 0 Å². The summed E-state index contributed by atoms with van der Waals surface area (Å²) in [5.74, 6) is 0. The molecule has 2 rings (SSSR count). The van der Waals surface area contributed by atoms with E-state index < -0.39 is 18.5 Å². The minimum atomic E-state index is -4.68.